The number of aromatic amines is 1. The summed E-state index contributed by atoms with van der Waals surface area (Å²) in [6, 6.07) is 14.0. The molecule has 1 fully saturated rings. The summed E-state index contributed by atoms with van der Waals surface area (Å²) in [5.41, 5.74) is 1.21. The molecule has 1 aliphatic rings. The Balaban J connectivity index is 0.00000272. The summed E-state index contributed by atoms with van der Waals surface area (Å²) in [5.74, 6) is 3.31. The minimum absolute atomic E-state index is 0. The van der Waals surface area contributed by atoms with Gasteiger partial charge in [-0.15, -0.1) is 29.1 Å². The molecule has 8 nitrogen and oxygen atoms in total. The van der Waals surface area contributed by atoms with Gasteiger partial charge in [0.2, 0.25) is 5.82 Å². The largest absolute Gasteiger partial charge is 0.461 e. The highest BCUT2D eigenvalue weighted by atomic mass is 127. The predicted molar refractivity (Wildman–Crippen MR) is 130 cm³/mol. The molecule has 0 radical (unpaired) electrons. The summed E-state index contributed by atoms with van der Waals surface area (Å²) >= 11 is 0. The molecular formula is C22H29IN6O2. The topological polar surface area (TPSA) is 91.6 Å². The number of furan rings is 1. The molecule has 2 N–H and O–H groups in total. The molecule has 3 aromatic rings. The lowest BCUT2D eigenvalue weighted by Crippen LogP contribution is -2.40. The first-order valence-corrected chi connectivity index (χ1v) is 10.4. The van der Waals surface area contributed by atoms with Crippen molar-refractivity contribution in [2.75, 3.05) is 26.2 Å². The first kappa shape index (κ1) is 23.3. The normalized spacial score (nSPS) is 16.4. The molecule has 4 rings (SSSR count). The summed E-state index contributed by atoms with van der Waals surface area (Å²) in [6.07, 6.45) is 2.71. The van der Waals surface area contributed by atoms with Gasteiger partial charge in [0.05, 0.1) is 19.5 Å². The van der Waals surface area contributed by atoms with Gasteiger partial charge in [-0.05, 0) is 31.0 Å². The van der Waals surface area contributed by atoms with Crippen molar-refractivity contribution in [3.63, 3.8) is 0 Å². The van der Waals surface area contributed by atoms with Crippen LogP contribution in [0.2, 0.25) is 0 Å². The zero-order chi connectivity index (χ0) is 20.6. The number of benzene rings is 1. The van der Waals surface area contributed by atoms with E-state index < -0.39 is 0 Å². The van der Waals surface area contributed by atoms with Gasteiger partial charge in [-0.2, -0.15) is 0 Å². The van der Waals surface area contributed by atoms with Gasteiger partial charge < -0.3 is 19.4 Å². The number of H-pyrrole nitrogens is 1. The van der Waals surface area contributed by atoms with Crippen LogP contribution in [0.5, 0.6) is 0 Å². The average molecular weight is 536 g/mol. The standard InChI is InChI=1S/C22H28N6O2.HI/c1-2-23-22(24-13-20-25-21(27-26-20)19-9-6-12-30-19)28-11-10-18(14-28)16-29-15-17-7-4-3-5-8-17;/h3-9,12,18H,2,10-11,13-16H2,1H3,(H,23,24)(H,25,26,27);1H. The monoisotopic (exact) mass is 536 g/mol. The number of aromatic nitrogens is 3. The third-order valence-electron chi connectivity index (χ3n) is 5.04. The molecule has 0 bridgehead atoms. The third-order valence-corrected chi connectivity index (χ3v) is 5.04. The van der Waals surface area contributed by atoms with Crippen molar-refractivity contribution in [2.24, 2.45) is 10.9 Å². The second-order valence-corrected chi connectivity index (χ2v) is 7.35. The van der Waals surface area contributed by atoms with Gasteiger partial charge in [0.25, 0.3) is 0 Å². The van der Waals surface area contributed by atoms with Crippen LogP contribution in [0.15, 0.2) is 58.1 Å². The molecule has 1 aromatic carbocycles. The SMILES string of the molecule is CCNC(=NCc1nc(-c2ccco2)n[nH]1)N1CCC(COCc2ccccc2)C1.I. The number of guanidine groups is 1. The number of halogens is 1. The number of likely N-dealkylation sites (tertiary alicyclic amines) is 1. The second-order valence-electron chi connectivity index (χ2n) is 7.35. The van der Waals surface area contributed by atoms with E-state index in [1.165, 1.54) is 5.56 Å². The third kappa shape index (κ3) is 6.54. The van der Waals surface area contributed by atoms with E-state index in [0.29, 0.717) is 36.5 Å². The molecule has 3 heterocycles. The molecule has 31 heavy (non-hydrogen) atoms. The Morgan fingerprint density at radius 3 is 2.94 bits per heavy atom. The molecule has 1 atom stereocenters. The lowest BCUT2D eigenvalue weighted by atomic mass is 10.1. The Kier molecular flexibility index (Phi) is 8.89. The fourth-order valence-electron chi connectivity index (χ4n) is 3.54. The minimum atomic E-state index is 0. The highest BCUT2D eigenvalue weighted by Crippen LogP contribution is 2.18. The van der Waals surface area contributed by atoms with Gasteiger partial charge in [0.15, 0.2) is 11.7 Å². The molecule has 1 aliphatic heterocycles. The predicted octanol–water partition coefficient (Wildman–Crippen LogP) is 3.69. The van der Waals surface area contributed by atoms with E-state index in [2.05, 4.69) is 44.5 Å². The molecule has 0 aliphatic carbocycles. The van der Waals surface area contributed by atoms with Crippen LogP contribution in [0.25, 0.3) is 11.6 Å². The molecule has 0 spiro atoms. The Labute approximate surface area is 199 Å². The molecule has 1 unspecified atom stereocenters. The van der Waals surface area contributed by atoms with Crippen LogP contribution >= 0.6 is 24.0 Å². The van der Waals surface area contributed by atoms with E-state index in [0.717, 1.165) is 38.6 Å². The molecule has 166 valence electrons. The maximum absolute atomic E-state index is 5.94. The van der Waals surface area contributed by atoms with Crippen LogP contribution in [0, 0.1) is 5.92 Å². The van der Waals surface area contributed by atoms with Gasteiger partial charge >= 0.3 is 0 Å². The Morgan fingerprint density at radius 2 is 2.16 bits per heavy atom. The average Bonchev–Trinajstić information content (AvgIpc) is 3.53. The van der Waals surface area contributed by atoms with Gasteiger partial charge in [0, 0.05) is 25.6 Å². The van der Waals surface area contributed by atoms with Crippen molar-refractivity contribution in [1.82, 2.24) is 25.4 Å². The van der Waals surface area contributed by atoms with Gasteiger partial charge in [-0.3, -0.25) is 5.10 Å². The van der Waals surface area contributed by atoms with Crippen LogP contribution < -0.4 is 5.32 Å². The number of hydrogen-bond acceptors (Lipinski definition) is 5. The van der Waals surface area contributed by atoms with E-state index in [1.54, 1.807) is 6.26 Å². The zero-order valence-electron chi connectivity index (χ0n) is 17.7. The summed E-state index contributed by atoms with van der Waals surface area (Å²) in [7, 11) is 0. The molecule has 0 amide bonds. The molecule has 9 heteroatoms. The van der Waals surface area contributed by atoms with Crippen molar-refractivity contribution in [2.45, 2.75) is 26.5 Å². The second kappa shape index (κ2) is 11.8. The van der Waals surface area contributed by atoms with E-state index in [-0.39, 0.29) is 24.0 Å². The maximum atomic E-state index is 5.94. The molecule has 2 aromatic heterocycles. The van der Waals surface area contributed by atoms with Crippen LogP contribution in [-0.2, 0) is 17.9 Å². The fraction of sp³-hybridized carbons (Fsp3) is 0.409. The lowest BCUT2D eigenvalue weighted by Gasteiger charge is -2.21. The Hall–Kier alpha value is -2.40. The fourth-order valence-corrected chi connectivity index (χ4v) is 3.54. The summed E-state index contributed by atoms with van der Waals surface area (Å²) < 4.78 is 11.3. The number of rotatable bonds is 8. The highest BCUT2D eigenvalue weighted by Gasteiger charge is 2.25. The van der Waals surface area contributed by atoms with Crippen LogP contribution in [0.3, 0.4) is 0 Å². The summed E-state index contributed by atoms with van der Waals surface area (Å²) in [5, 5.41) is 10.5. The quantitative estimate of drug-likeness (QED) is 0.259. The van der Waals surface area contributed by atoms with Crippen molar-refractivity contribution in [3.8, 4) is 11.6 Å². The van der Waals surface area contributed by atoms with Crippen LogP contribution in [0.4, 0.5) is 0 Å². The number of nitrogens with zero attached hydrogens (tertiary/aromatic N) is 4. The van der Waals surface area contributed by atoms with Crippen LogP contribution in [0.1, 0.15) is 24.7 Å². The highest BCUT2D eigenvalue weighted by molar-refractivity contribution is 14.0. The first-order valence-electron chi connectivity index (χ1n) is 10.4. The van der Waals surface area contributed by atoms with Crippen molar-refractivity contribution >= 4 is 29.9 Å². The first-order chi connectivity index (χ1) is 14.8. The number of hydrogen-bond donors (Lipinski definition) is 2. The maximum Gasteiger partial charge on any atom is 0.216 e. The zero-order valence-corrected chi connectivity index (χ0v) is 20.0. The lowest BCUT2D eigenvalue weighted by molar-refractivity contribution is 0.0906. The van der Waals surface area contributed by atoms with E-state index in [1.807, 2.05) is 30.3 Å². The van der Waals surface area contributed by atoms with E-state index >= 15 is 0 Å². The smallest absolute Gasteiger partial charge is 0.216 e. The molecular weight excluding hydrogens is 507 g/mol. The Bertz CT molecular complexity index is 929. The van der Waals surface area contributed by atoms with Crippen molar-refractivity contribution in [3.05, 3.63) is 60.1 Å². The van der Waals surface area contributed by atoms with E-state index in [9.17, 15) is 0 Å². The Morgan fingerprint density at radius 1 is 1.29 bits per heavy atom. The van der Waals surface area contributed by atoms with Crippen molar-refractivity contribution < 1.29 is 9.15 Å². The van der Waals surface area contributed by atoms with Crippen molar-refractivity contribution in [1.29, 1.82) is 0 Å². The minimum Gasteiger partial charge on any atom is -0.461 e. The molecule has 1 saturated heterocycles. The van der Waals surface area contributed by atoms with Crippen LogP contribution in [-0.4, -0.2) is 52.3 Å². The number of ether oxygens (including phenoxy) is 1. The van der Waals surface area contributed by atoms with Gasteiger partial charge in [0.1, 0.15) is 12.4 Å². The summed E-state index contributed by atoms with van der Waals surface area (Å²) in [4.78, 5) is 11.5. The van der Waals surface area contributed by atoms with E-state index in [4.69, 9.17) is 14.1 Å². The van der Waals surface area contributed by atoms with Gasteiger partial charge in [-0.25, -0.2) is 9.98 Å². The summed E-state index contributed by atoms with van der Waals surface area (Å²) in [6.45, 7) is 6.66. The molecule has 0 saturated carbocycles. The number of nitrogens with one attached hydrogen (secondary N) is 2. The van der Waals surface area contributed by atoms with Gasteiger partial charge in [-0.1, -0.05) is 30.3 Å². The number of aliphatic imine (C=N–C) groups is 1.